The second-order valence-electron chi connectivity index (χ2n) is 7.00. The van der Waals surface area contributed by atoms with Crippen LogP contribution in [-0.4, -0.2) is 68.4 Å². The van der Waals surface area contributed by atoms with Gasteiger partial charge >= 0.3 is 5.97 Å². The Morgan fingerprint density at radius 1 is 1.36 bits per heavy atom. The van der Waals surface area contributed by atoms with Gasteiger partial charge < -0.3 is 25.4 Å². The van der Waals surface area contributed by atoms with E-state index in [0.29, 0.717) is 18.5 Å². The summed E-state index contributed by atoms with van der Waals surface area (Å²) in [7, 11) is 3.56. The number of anilines is 2. The van der Waals surface area contributed by atoms with E-state index >= 15 is 0 Å². The van der Waals surface area contributed by atoms with Crippen molar-refractivity contribution in [2.75, 3.05) is 37.0 Å². The summed E-state index contributed by atoms with van der Waals surface area (Å²) in [6.07, 6.45) is -0.136. The van der Waals surface area contributed by atoms with Crippen molar-refractivity contribution in [1.29, 1.82) is 0 Å². The van der Waals surface area contributed by atoms with Crippen molar-refractivity contribution >= 4 is 35.4 Å². The van der Waals surface area contributed by atoms with Gasteiger partial charge in [0.1, 0.15) is 18.9 Å². The Hall–Kier alpha value is -2.94. The number of nitrogens with zero attached hydrogens (tertiary/aromatic N) is 2. The molecule has 3 N–H and O–H groups in total. The molecule has 2 rings (SSSR count). The van der Waals surface area contributed by atoms with Crippen LogP contribution in [0.4, 0.5) is 11.4 Å². The number of carboxylic acid groups (broad SMARTS) is 1. The SMILES string of the molecule is CN[C@H]1CN(C)c2cc(C)cc(C)c2N(CC(=O)N[C@H](C=O)CC(=O)O)C1=O. The normalized spacial score (nSPS) is 17.6. The molecule has 2 atom stereocenters. The van der Waals surface area contributed by atoms with Crippen molar-refractivity contribution in [3.63, 3.8) is 0 Å². The van der Waals surface area contributed by atoms with E-state index in [-0.39, 0.29) is 12.5 Å². The molecule has 1 aliphatic rings. The highest BCUT2D eigenvalue weighted by molar-refractivity contribution is 6.06. The van der Waals surface area contributed by atoms with Gasteiger partial charge in [0.25, 0.3) is 0 Å². The predicted octanol–water partition coefficient (Wildman–Crippen LogP) is -0.167. The van der Waals surface area contributed by atoms with Crippen molar-refractivity contribution in [3.8, 4) is 0 Å². The molecule has 28 heavy (non-hydrogen) atoms. The Bertz CT molecular complexity index is 795. The van der Waals surface area contributed by atoms with Gasteiger partial charge in [-0.05, 0) is 38.1 Å². The minimum atomic E-state index is -1.20. The van der Waals surface area contributed by atoms with Crippen LogP contribution >= 0.6 is 0 Å². The lowest BCUT2D eigenvalue weighted by Crippen LogP contribution is -2.52. The van der Waals surface area contributed by atoms with Crippen LogP contribution < -0.4 is 20.4 Å². The van der Waals surface area contributed by atoms with Crippen molar-refractivity contribution in [3.05, 3.63) is 23.3 Å². The number of aldehydes is 1. The largest absolute Gasteiger partial charge is 0.481 e. The topological polar surface area (TPSA) is 119 Å². The number of amides is 2. The second kappa shape index (κ2) is 8.83. The van der Waals surface area contributed by atoms with Gasteiger partial charge in [-0.3, -0.25) is 19.3 Å². The van der Waals surface area contributed by atoms with Gasteiger partial charge in [0, 0.05) is 13.6 Å². The Balaban J connectivity index is 2.38. The van der Waals surface area contributed by atoms with Crippen LogP contribution in [-0.2, 0) is 19.2 Å². The maximum absolute atomic E-state index is 13.1. The van der Waals surface area contributed by atoms with Crippen LogP contribution in [0.3, 0.4) is 0 Å². The third-order valence-electron chi connectivity index (χ3n) is 4.68. The van der Waals surface area contributed by atoms with Crippen molar-refractivity contribution < 1.29 is 24.3 Å². The maximum Gasteiger partial charge on any atom is 0.305 e. The summed E-state index contributed by atoms with van der Waals surface area (Å²) in [4.78, 5) is 50.8. The number of aryl methyl sites for hydroxylation is 2. The number of hydrogen-bond donors (Lipinski definition) is 3. The predicted molar refractivity (Wildman–Crippen MR) is 105 cm³/mol. The molecule has 1 aliphatic heterocycles. The molecule has 0 aromatic heterocycles. The molecule has 9 nitrogen and oxygen atoms in total. The highest BCUT2D eigenvalue weighted by Crippen LogP contribution is 2.36. The van der Waals surface area contributed by atoms with Gasteiger partial charge in [0.05, 0.1) is 23.8 Å². The molecule has 0 saturated heterocycles. The fourth-order valence-corrected chi connectivity index (χ4v) is 3.42. The van der Waals surface area contributed by atoms with Gasteiger partial charge in [-0.1, -0.05) is 6.07 Å². The first-order valence-electron chi connectivity index (χ1n) is 8.95. The first kappa shape index (κ1) is 21.4. The van der Waals surface area contributed by atoms with Crippen LogP contribution in [0.15, 0.2) is 12.1 Å². The summed E-state index contributed by atoms with van der Waals surface area (Å²) in [5, 5.41) is 14.2. The van der Waals surface area contributed by atoms with Crippen molar-refractivity contribution in [1.82, 2.24) is 10.6 Å². The van der Waals surface area contributed by atoms with E-state index in [1.807, 2.05) is 37.9 Å². The Labute approximate surface area is 163 Å². The monoisotopic (exact) mass is 390 g/mol. The van der Waals surface area contributed by atoms with E-state index in [1.165, 1.54) is 4.90 Å². The first-order chi connectivity index (χ1) is 13.2. The van der Waals surface area contributed by atoms with Crippen LogP contribution in [0.5, 0.6) is 0 Å². The zero-order valence-corrected chi connectivity index (χ0v) is 16.5. The Kier molecular flexibility index (Phi) is 6.74. The number of aliphatic carboxylic acids is 1. The zero-order chi connectivity index (χ0) is 21.0. The summed E-state index contributed by atoms with van der Waals surface area (Å²) < 4.78 is 0. The molecule has 1 aromatic rings. The number of benzene rings is 1. The minimum Gasteiger partial charge on any atom is -0.481 e. The van der Waals surface area contributed by atoms with E-state index in [2.05, 4.69) is 10.6 Å². The molecule has 0 fully saturated rings. The van der Waals surface area contributed by atoms with Gasteiger partial charge in [0.2, 0.25) is 11.8 Å². The molecule has 9 heteroatoms. The lowest BCUT2D eigenvalue weighted by Gasteiger charge is -2.27. The number of hydrogen-bond acceptors (Lipinski definition) is 6. The average Bonchev–Trinajstić information content (AvgIpc) is 2.71. The fraction of sp³-hybridized carbons (Fsp3) is 0.474. The number of carbonyl (C=O) groups excluding carboxylic acids is 3. The number of nitrogens with one attached hydrogen (secondary N) is 2. The van der Waals surface area contributed by atoms with Crippen LogP contribution in [0, 0.1) is 13.8 Å². The standard InChI is InChI=1S/C19H26N4O5/c1-11-5-12(2)18-15(6-11)22(4)8-14(20-3)19(28)23(18)9-16(25)21-13(10-24)7-17(26)27/h5-6,10,13-14,20H,7-9H2,1-4H3,(H,21,25)(H,26,27)/t13-,14-/m0/s1. The molecule has 0 spiro atoms. The van der Waals surface area contributed by atoms with Gasteiger partial charge in [0.15, 0.2) is 0 Å². The third-order valence-corrected chi connectivity index (χ3v) is 4.68. The fourth-order valence-electron chi connectivity index (χ4n) is 3.42. The van der Waals surface area contributed by atoms with E-state index < -0.39 is 30.4 Å². The lowest BCUT2D eigenvalue weighted by atomic mass is 10.1. The molecule has 0 bridgehead atoms. The summed E-state index contributed by atoms with van der Waals surface area (Å²) in [5.41, 5.74) is 3.34. The smallest absolute Gasteiger partial charge is 0.305 e. The molecular formula is C19H26N4O5. The zero-order valence-electron chi connectivity index (χ0n) is 16.5. The molecular weight excluding hydrogens is 364 g/mol. The molecule has 0 saturated carbocycles. The molecule has 1 aromatic carbocycles. The van der Waals surface area contributed by atoms with Crippen LogP contribution in [0.25, 0.3) is 0 Å². The Morgan fingerprint density at radius 3 is 2.61 bits per heavy atom. The number of rotatable bonds is 7. The number of fused-ring (bicyclic) bond motifs is 1. The average molecular weight is 390 g/mol. The number of carboxylic acids is 1. The van der Waals surface area contributed by atoms with Crippen LogP contribution in [0.2, 0.25) is 0 Å². The first-order valence-corrected chi connectivity index (χ1v) is 8.95. The highest BCUT2D eigenvalue weighted by atomic mass is 16.4. The third kappa shape index (κ3) is 4.66. The van der Waals surface area contributed by atoms with Crippen molar-refractivity contribution in [2.24, 2.45) is 0 Å². The van der Waals surface area contributed by atoms with E-state index in [4.69, 9.17) is 5.11 Å². The van der Waals surface area contributed by atoms with E-state index in [1.54, 1.807) is 7.05 Å². The lowest BCUT2D eigenvalue weighted by molar-refractivity contribution is -0.138. The summed E-state index contributed by atoms with van der Waals surface area (Å²) in [6.45, 7) is 3.95. The molecule has 152 valence electrons. The minimum absolute atomic E-state index is 0.268. The summed E-state index contributed by atoms with van der Waals surface area (Å²) >= 11 is 0. The Morgan fingerprint density at radius 2 is 2.04 bits per heavy atom. The summed E-state index contributed by atoms with van der Waals surface area (Å²) in [6, 6.07) is 2.22. The molecule has 0 radical (unpaired) electrons. The summed E-state index contributed by atoms with van der Waals surface area (Å²) in [5.74, 6) is -2.06. The van der Waals surface area contributed by atoms with Crippen molar-refractivity contribution in [2.45, 2.75) is 32.4 Å². The molecule has 0 aliphatic carbocycles. The molecule has 1 heterocycles. The number of likely N-dealkylation sites (N-methyl/N-ethyl adjacent to an activating group) is 2. The van der Waals surface area contributed by atoms with Gasteiger partial charge in [-0.15, -0.1) is 0 Å². The quantitative estimate of drug-likeness (QED) is 0.553. The van der Waals surface area contributed by atoms with E-state index in [9.17, 15) is 19.2 Å². The second-order valence-corrected chi connectivity index (χ2v) is 7.00. The van der Waals surface area contributed by atoms with Gasteiger partial charge in [-0.2, -0.15) is 0 Å². The number of carbonyl (C=O) groups is 4. The maximum atomic E-state index is 13.1. The highest BCUT2D eigenvalue weighted by Gasteiger charge is 2.34. The van der Waals surface area contributed by atoms with Gasteiger partial charge in [-0.25, -0.2) is 0 Å². The van der Waals surface area contributed by atoms with E-state index in [0.717, 1.165) is 16.8 Å². The molecule has 0 unspecified atom stereocenters. The molecule has 2 amide bonds. The van der Waals surface area contributed by atoms with Crippen LogP contribution in [0.1, 0.15) is 17.5 Å².